The van der Waals surface area contributed by atoms with Crippen molar-refractivity contribution < 1.29 is 14.3 Å². The summed E-state index contributed by atoms with van der Waals surface area (Å²) in [7, 11) is 1.95. The maximum Gasteiger partial charge on any atom is 0.256 e. The second-order valence-corrected chi connectivity index (χ2v) is 6.21. The number of nitrogens with zero attached hydrogens (tertiary/aromatic N) is 2. The van der Waals surface area contributed by atoms with Crippen LogP contribution in [0.2, 0.25) is 0 Å². The van der Waals surface area contributed by atoms with Crippen molar-refractivity contribution in [3.8, 4) is 0 Å². The predicted octanol–water partition coefficient (Wildman–Crippen LogP) is 1.20. The Balaban J connectivity index is 2.01. The number of carbonyl (C=O) groups excluding carboxylic acids is 2. The van der Waals surface area contributed by atoms with Gasteiger partial charge in [-0.25, -0.2) is 0 Å². The lowest BCUT2D eigenvalue weighted by Gasteiger charge is -2.38. The Morgan fingerprint density at radius 3 is 2.70 bits per heavy atom. The second-order valence-electron chi connectivity index (χ2n) is 6.21. The molecule has 1 aliphatic heterocycles. The molecule has 0 spiro atoms. The first-order chi connectivity index (χ1) is 10.8. The van der Waals surface area contributed by atoms with Crippen LogP contribution in [0, 0.1) is 6.92 Å². The number of benzene rings is 1. The van der Waals surface area contributed by atoms with E-state index in [4.69, 9.17) is 10.5 Å². The highest BCUT2D eigenvalue weighted by Gasteiger charge is 2.40. The fourth-order valence-corrected chi connectivity index (χ4v) is 3.14. The number of rotatable bonds is 2. The monoisotopic (exact) mass is 315 g/mol. The smallest absolute Gasteiger partial charge is 0.256 e. The van der Waals surface area contributed by atoms with Gasteiger partial charge in [0.2, 0.25) is 0 Å². The van der Waals surface area contributed by atoms with Crippen LogP contribution in [-0.4, -0.2) is 46.6 Å². The van der Waals surface area contributed by atoms with Crippen LogP contribution in [0.3, 0.4) is 0 Å². The van der Waals surface area contributed by atoms with Crippen LogP contribution in [0.1, 0.15) is 23.0 Å². The molecule has 2 N–H and O–H groups in total. The molecule has 1 saturated heterocycles. The molecule has 0 saturated carbocycles. The van der Waals surface area contributed by atoms with E-state index in [0.29, 0.717) is 18.7 Å². The molecular weight excluding hydrogens is 294 g/mol. The molecule has 1 aliphatic rings. The van der Waals surface area contributed by atoms with E-state index in [9.17, 15) is 9.59 Å². The molecule has 122 valence electrons. The fraction of sp³-hybridized carbons (Fsp3) is 0.412. The zero-order valence-electron chi connectivity index (χ0n) is 13.6. The first-order valence-corrected chi connectivity index (χ1v) is 7.62. The molecule has 0 aliphatic carbocycles. The highest BCUT2D eigenvalue weighted by Crippen LogP contribution is 2.27. The van der Waals surface area contributed by atoms with E-state index in [2.05, 4.69) is 0 Å². The molecule has 3 rings (SSSR count). The number of ether oxygens (including phenoxy) is 1. The minimum absolute atomic E-state index is 0.0879. The number of aryl methyl sites for hydroxylation is 1. The third-order valence-corrected chi connectivity index (χ3v) is 4.70. The largest absolute Gasteiger partial charge is 0.367 e. The minimum Gasteiger partial charge on any atom is -0.367 e. The zero-order valence-corrected chi connectivity index (χ0v) is 13.6. The van der Waals surface area contributed by atoms with Gasteiger partial charge in [0, 0.05) is 30.2 Å². The van der Waals surface area contributed by atoms with Gasteiger partial charge in [-0.1, -0.05) is 18.2 Å². The molecule has 1 aromatic heterocycles. The number of hydrogen-bond acceptors (Lipinski definition) is 3. The lowest BCUT2D eigenvalue weighted by Crippen LogP contribution is -2.58. The normalized spacial score (nSPS) is 21.6. The van der Waals surface area contributed by atoms with Crippen LogP contribution in [0.5, 0.6) is 0 Å². The summed E-state index contributed by atoms with van der Waals surface area (Å²) in [4.78, 5) is 26.3. The molecular formula is C17H21N3O3. The summed E-state index contributed by atoms with van der Waals surface area (Å²) in [5.41, 5.74) is 6.89. The molecule has 23 heavy (non-hydrogen) atoms. The molecule has 2 amide bonds. The van der Waals surface area contributed by atoms with Crippen LogP contribution in [0.15, 0.2) is 24.3 Å². The van der Waals surface area contributed by atoms with Crippen molar-refractivity contribution >= 4 is 22.7 Å². The van der Waals surface area contributed by atoms with E-state index in [0.717, 1.165) is 16.6 Å². The first-order valence-electron chi connectivity index (χ1n) is 7.62. The van der Waals surface area contributed by atoms with Gasteiger partial charge in [-0.3, -0.25) is 9.59 Å². The topological polar surface area (TPSA) is 77.6 Å². The van der Waals surface area contributed by atoms with E-state index in [1.807, 2.05) is 42.8 Å². The highest BCUT2D eigenvalue weighted by atomic mass is 16.5. The Bertz CT molecular complexity index is 796. The number of morpholine rings is 1. The van der Waals surface area contributed by atoms with Crippen LogP contribution < -0.4 is 5.73 Å². The maximum absolute atomic E-state index is 13.1. The average Bonchev–Trinajstić information content (AvgIpc) is 2.79. The number of amides is 2. The van der Waals surface area contributed by atoms with Gasteiger partial charge in [-0.05, 0) is 19.9 Å². The maximum atomic E-state index is 13.1. The Morgan fingerprint density at radius 2 is 2.00 bits per heavy atom. The quantitative estimate of drug-likeness (QED) is 0.904. The molecule has 1 fully saturated rings. The summed E-state index contributed by atoms with van der Waals surface area (Å²) in [5.74, 6) is -0.639. The third kappa shape index (κ3) is 2.39. The molecule has 2 aromatic rings. The van der Waals surface area contributed by atoms with Crippen LogP contribution in [0.4, 0.5) is 0 Å². The minimum atomic E-state index is -1.13. The number of fused-ring (bicyclic) bond motifs is 1. The Hall–Kier alpha value is -2.34. The van der Waals surface area contributed by atoms with E-state index in [1.54, 1.807) is 11.8 Å². The fourth-order valence-electron chi connectivity index (χ4n) is 3.14. The summed E-state index contributed by atoms with van der Waals surface area (Å²) in [6.07, 6.45) is 0. The van der Waals surface area contributed by atoms with Crippen molar-refractivity contribution in [2.75, 3.05) is 19.7 Å². The molecule has 6 heteroatoms. The van der Waals surface area contributed by atoms with Crippen molar-refractivity contribution in [1.29, 1.82) is 0 Å². The van der Waals surface area contributed by atoms with Gasteiger partial charge in [0.25, 0.3) is 11.8 Å². The van der Waals surface area contributed by atoms with Crippen molar-refractivity contribution in [2.45, 2.75) is 19.4 Å². The van der Waals surface area contributed by atoms with Crippen molar-refractivity contribution in [2.24, 2.45) is 12.8 Å². The zero-order chi connectivity index (χ0) is 16.8. The number of hydrogen-bond donors (Lipinski definition) is 1. The summed E-state index contributed by atoms with van der Waals surface area (Å²) in [6, 6.07) is 7.82. The predicted molar refractivity (Wildman–Crippen MR) is 87.1 cm³/mol. The van der Waals surface area contributed by atoms with Gasteiger partial charge in [0.05, 0.1) is 18.7 Å². The van der Waals surface area contributed by atoms with Gasteiger partial charge in [-0.15, -0.1) is 0 Å². The van der Waals surface area contributed by atoms with Gasteiger partial charge >= 0.3 is 0 Å². The highest BCUT2D eigenvalue weighted by molar-refractivity contribution is 6.08. The summed E-state index contributed by atoms with van der Waals surface area (Å²) in [6.45, 7) is 4.48. The van der Waals surface area contributed by atoms with E-state index in [1.165, 1.54) is 0 Å². The van der Waals surface area contributed by atoms with Gasteiger partial charge < -0.3 is 19.9 Å². The standard InChI is InChI=1S/C17H21N3O3/c1-11-14(12-6-4-5-7-13(12)19(11)3)15(21)20-8-9-23-17(2,10-20)16(18)22/h4-7H,8-10H2,1-3H3,(H2,18,22)/t17-/m0/s1. The molecule has 6 nitrogen and oxygen atoms in total. The van der Waals surface area contributed by atoms with Gasteiger partial charge in [0.15, 0.2) is 5.60 Å². The Morgan fingerprint density at radius 1 is 1.30 bits per heavy atom. The molecule has 1 atom stereocenters. The van der Waals surface area contributed by atoms with Crippen molar-refractivity contribution in [1.82, 2.24) is 9.47 Å². The molecule has 1 aromatic carbocycles. The van der Waals surface area contributed by atoms with Crippen molar-refractivity contribution in [3.05, 3.63) is 35.5 Å². The van der Waals surface area contributed by atoms with Crippen molar-refractivity contribution in [3.63, 3.8) is 0 Å². The number of para-hydroxylation sites is 1. The van der Waals surface area contributed by atoms with E-state index in [-0.39, 0.29) is 12.5 Å². The second kappa shape index (κ2) is 5.38. The Kier molecular flexibility index (Phi) is 3.64. The average molecular weight is 315 g/mol. The third-order valence-electron chi connectivity index (χ3n) is 4.70. The molecule has 0 unspecified atom stereocenters. The number of nitrogens with two attached hydrogens (primary N) is 1. The van der Waals surface area contributed by atoms with Gasteiger partial charge in [-0.2, -0.15) is 0 Å². The summed E-state index contributed by atoms with van der Waals surface area (Å²) in [5, 5.41) is 0.921. The van der Waals surface area contributed by atoms with Crippen LogP contribution in [0.25, 0.3) is 10.9 Å². The van der Waals surface area contributed by atoms with E-state index < -0.39 is 11.5 Å². The summed E-state index contributed by atoms with van der Waals surface area (Å²) >= 11 is 0. The Labute approximate surface area is 134 Å². The number of carbonyl (C=O) groups is 2. The van der Waals surface area contributed by atoms with Crippen LogP contribution >= 0.6 is 0 Å². The van der Waals surface area contributed by atoms with Crippen LogP contribution in [-0.2, 0) is 16.6 Å². The molecule has 0 radical (unpaired) electrons. The van der Waals surface area contributed by atoms with E-state index >= 15 is 0 Å². The SMILES string of the molecule is Cc1c(C(=O)N2CCO[C@](C)(C(N)=O)C2)c2ccccc2n1C. The lowest BCUT2D eigenvalue weighted by molar-refractivity contribution is -0.150. The van der Waals surface area contributed by atoms with Gasteiger partial charge in [0.1, 0.15) is 0 Å². The molecule has 0 bridgehead atoms. The summed E-state index contributed by atoms with van der Waals surface area (Å²) < 4.78 is 7.50. The number of aromatic nitrogens is 1. The lowest BCUT2D eigenvalue weighted by atomic mass is 10.0. The number of primary amides is 1. The molecule has 2 heterocycles. The first kappa shape index (κ1) is 15.6.